The summed E-state index contributed by atoms with van der Waals surface area (Å²) in [5.74, 6) is 0.779. The molecule has 1 heterocycles. The van der Waals surface area contributed by atoms with E-state index in [1.807, 2.05) is 38.1 Å². The lowest BCUT2D eigenvalue weighted by molar-refractivity contribution is 0.114. The van der Waals surface area contributed by atoms with Crippen LogP contribution in [-0.2, 0) is 4.74 Å². The molecule has 0 spiro atoms. The number of ether oxygens (including phenoxy) is 1. The van der Waals surface area contributed by atoms with Crippen molar-refractivity contribution in [3.8, 4) is 0 Å². The number of nitrogens with zero attached hydrogens (tertiary/aromatic N) is 2. The second-order valence-corrected chi connectivity index (χ2v) is 4.51. The van der Waals surface area contributed by atoms with Crippen molar-refractivity contribution in [2.24, 2.45) is 0 Å². The number of nitrogens with one attached hydrogen (secondary N) is 1. The van der Waals surface area contributed by atoms with Crippen LogP contribution in [0, 0.1) is 13.8 Å². The molecule has 2 rings (SSSR count). The minimum Gasteiger partial charge on any atom is -0.375 e. The molecule has 0 bridgehead atoms. The highest BCUT2D eigenvalue weighted by Crippen LogP contribution is 2.17. The van der Waals surface area contributed by atoms with Crippen LogP contribution in [0.5, 0.6) is 0 Å². The first-order chi connectivity index (χ1) is 9.20. The smallest absolute Gasteiger partial charge is 0.149 e. The number of aromatic nitrogens is 2. The molecule has 1 N–H and O–H groups in total. The van der Waals surface area contributed by atoms with Crippen molar-refractivity contribution in [2.45, 2.75) is 20.0 Å². The van der Waals surface area contributed by atoms with E-state index in [0.717, 1.165) is 22.6 Å². The fraction of sp³-hybridized carbons (Fsp3) is 0.333. The molecule has 1 aromatic heterocycles. The van der Waals surface area contributed by atoms with Crippen molar-refractivity contribution in [3.05, 3.63) is 53.2 Å². The molecule has 4 nitrogen and oxygen atoms in total. The molecule has 0 radical (unpaired) electrons. The van der Waals surface area contributed by atoms with E-state index in [2.05, 4.69) is 27.6 Å². The first-order valence-corrected chi connectivity index (χ1v) is 6.33. The average molecular weight is 257 g/mol. The van der Waals surface area contributed by atoms with Gasteiger partial charge in [0, 0.05) is 13.7 Å². The Morgan fingerprint density at radius 1 is 1.16 bits per heavy atom. The molecule has 0 fully saturated rings. The van der Waals surface area contributed by atoms with Gasteiger partial charge in [-0.05, 0) is 31.0 Å². The Hall–Kier alpha value is -1.94. The Labute approximate surface area is 113 Å². The Balaban J connectivity index is 2.02. The van der Waals surface area contributed by atoms with Crippen molar-refractivity contribution in [3.63, 3.8) is 0 Å². The Bertz CT molecular complexity index is 528. The first-order valence-electron chi connectivity index (χ1n) is 6.33. The van der Waals surface area contributed by atoms with Gasteiger partial charge in [-0.15, -0.1) is 5.10 Å². The van der Waals surface area contributed by atoms with Crippen LogP contribution in [0.4, 0.5) is 5.82 Å². The van der Waals surface area contributed by atoms with Gasteiger partial charge in [0.1, 0.15) is 5.82 Å². The molecule has 0 aliphatic carbocycles. The highest BCUT2D eigenvalue weighted by atomic mass is 16.5. The second kappa shape index (κ2) is 6.29. The third-order valence-corrected chi connectivity index (χ3v) is 3.16. The van der Waals surface area contributed by atoms with Gasteiger partial charge in [-0.1, -0.05) is 30.3 Å². The van der Waals surface area contributed by atoms with Gasteiger partial charge in [0.25, 0.3) is 0 Å². The van der Waals surface area contributed by atoms with Gasteiger partial charge < -0.3 is 10.1 Å². The average Bonchev–Trinajstić information content (AvgIpc) is 2.44. The molecule has 100 valence electrons. The van der Waals surface area contributed by atoms with Crippen LogP contribution in [0.3, 0.4) is 0 Å². The van der Waals surface area contributed by atoms with Crippen LogP contribution < -0.4 is 5.32 Å². The van der Waals surface area contributed by atoms with Gasteiger partial charge in [-0.3, -0.25) is 0 Å². The first kappa shape index (κ1) is 13.5. The Morgan fingerprint density at radius 2 is 1.89 bits per heavy atom. The number of rotatable bonds is 5. The number of anilines is 1. The second-order valence-electron chi connectivity index (χ2n) is 4.51. The molecule has 0 aliphatic rings. The minimum atomic E-state index is 0.00427. The summed E-state index contributed by atoms with van der Waals surface area (Å²) < 4.78 is 5.50. The molecule has 0 saturated carbocycles. The van der Waals surface area contributed by atoms with Crippen LogP contribution in [0.1, 0.15) is 22.9 Å². The zero-order valence-electron chi connectivity index (χ0n) is 11.6. The van der Waals surface area contributed by atoms with E-state index in [4.69, 9.17) is 4.74 Å². The van der Waals surface area contributed by atoms with E-state index in [0.29, 0.717) is 6.54 Å². The standard InChI is InChI=1S/C15H19N3O/c1-11-9-15(18-17-12(11)2)16-10-14(19-3)13-7-5-4-6-8-13/h4-9,14H,10H2,1-3H3,(H,16,18). The number of aryl methyl sites for hydroxylation is 2. The maximum absolute atomic E-state index is 5.50. The fourth-order valence-electron chi connectivity index (χ4n) is 1.83. The summed E-state index contributed by atoms with van der Waals surface area (Å²) in [6.07, 6.45) is 0.00427. The quantitative estimate of drug-likeness (QED) is 0.894. The van der Waals surface area contributed by atoms with Crippen LogP contribution in [-0.4, -0.2) is 23.9 Å². The molecule has 0 saturated heterocycles. The number of hydrogen-bond donors (Lipinski definition) is 1. The highest BCUT2D eigenvalue weighted by Gasteiger charge is 2.10. The molecule has 4 heteroatoms. The topological polar surface area (TPSA) is 47.0 Å². The summed E-state index contributed by atoms with van der Waals surface area (Å²) in [5.41, 5.74) is 3.23. The third kappa shape index (κ3) is 3.51. The lowest BCUT2D eigenvalue weighted by Crippen LogP contribution is -2.15. The Morgan fingerprint density at radius 3 is 2.53 bits per heavy atom. The van der Waals surface area contributed by atoms with E-state index in [1.54, 1.807) is 7.11 Å². The third-order valence-electron chi connectivity index (χ3n) is 3.16. The van der Waals surface area contributed by atoms with Crippen molar-refractivity contribution in [1.29, 1.82) is 0 Å². The van der Waals surface area contributed by atoms with Gasteiger partial charge in [0.15, 0.2) is 0 Å². The maximum Gasteiger partial charge on any atom is 0.149 e. The van der Waals surface area contributed by atoms with E-state index >= 15 is 0 Å². The summed E-state index contributed by atoms with van der Waals surface area (Å²) in [6.45, 7) is 4.64. The van der Waals surface area contributed by atoms with Gasteiger partial charge in [0.2, 0.25) is 0 Å². The SMILES string of the molecule is COC(CNc1cc(C)c(C)nn1)c1ccccc1. The van der Waals surface area contributed by atoms with E-state index in [9.17, 15) is 0 Å². The predicted octanol–water partition coefficient (Wildman–Crippen LogP) is 2.89. The molecule has 0 aliphatic heterocycles. The number of benzene rings is 1. The Kier molecular flexibility index (Phi) is 4.47. The van der Waals surface area contributed by atoms with Gasteiger partial charge in [-0.2, -0.15) is 5.10 Å². The lowest BCUT2D eigenvalue weighted by atomic mass is 10.1. The van der Waals surface area contributed by atoms with E-state index in [1.165, 1.54) is 0 Å². The van der Waals surface area contributed by atoms with Crippen LogP contribution in [0.2, 0.25) is 0 Å². The summed E-state index contributed by atoms with van der Waals surface area (Å²) >= 11 is 0. The van der Waals surface area contributed by atoms with Crippen molar-refractivity contribution in [2.75, 3.05) is 19.0 Å². The summed E-state index contributed by atoms with van der Waals surface area (Å²) in [5, 5.41) is 11.5. The summed E-state index contributed by atoms with van der Waals surface area (Å²) in [7, 11) is 1.71. The van der Waals surface area contributed by atoms with Crippen molar-refractivity contribution >= 4 is 5.82 Å². The predicted molar refractivity (Wildman–Crippen MR) is 76.2 cm³/mol. The molecular formula is C15H19N3O. The fourth-order valence-corrected chi connectivity index (χ4v) is 1.83. The van der Waals surface area contributed by atoms with Crippen molar-refractivity contribution in [1.82, 2.24) is 10.2 Å². The van der Waals surface area contributed by atoms with Crippen LogP contribution in [0.15, 0.2) is 36.4 Å². The maximum atomic E-state index is 5.50. The summed E-state index contributed by atoms with van der Waals surface area (Å²) in [4.78, 5) is 0. The van der Waals surface area contributed by atoms with E-state index < -0.39 is 0 Å². The largest absolute Gasteiger partial charge is 0.375 e. The van der Waals surface area contributed by atoms with E-state index in [-0.39, 0.29) is 6.10 Å². The molecule has 0 amide bonds. The molecule has 19 heavy (non-hydrogen) atoms. The van der Waals surface area contributed by atoms with Crippen molar-refractivity contribution < 1.29 is 4.74 Å². The van der Waals surface area contributed by atoms with Crippen LogP contribution >= 0.6 is 0 Å². The van der Waals surface area contributed by atoms with Gasteiger partial charge in [-0.25, -0.2) is 0 Å². The number of hydrogen-bond acceptors (Lipinski definition) is 4. The zero-order chi connectivity index (χ0) is 13.7. The number of methoxy groups -OCH3 is 1. The van der Waals surface area contributed by atoms with Crippen LogP contribution in [0.25, 0.3) is 0 Å². The highest BCUT2D eigenvalue weighted by molar-refractivity contribution is 5.37. The van der Waals surface area contributed by atoms with Gasteiger partial charge >= 0.3 is 0 Å². The molecule has 1 atom stereocenters. The summed E-state index contributed by atoms with van der Waals surface area (Å²) in [6, 6.07) is 12.1. The zero-order valence-corrected chi connectivity index (χ0v) is 11.6. The normalized spacial score (nSPS) is 12.2. The molecular weight excluding hydrogens is 238 g/mol. The lowest BCUT2D eigenvalue weighted by Gasteiger charge is -2.16. The molecule has 1 unspecified atom stereocenters. The molecule has 2 aromatic rings. The minimum absolute atomic E-state index is 0.00427. The monoisotopic (exact) mass is 257 g/mol. The molecule has 1 aromatic carbocycles. The van der Waals surface area contributed by atoms with Gasteiger partial charge in [0.05, 0.1) is 11.8 Å².